The molecule has 0 bridgehead atoms. The molecule has 0 spiro atoms. The van der Waals surface area contributed by atoms with Crippen molar-refractivity contribution in [2.75, 3.05) is 45.3 Å². The Morgan fingerprint density at radius 2 is 1.87 bits per heavy atom. The molecule has 6 nitrogen and oxygen atoms in total. The van der Waals surface area contributed by atoms with Gasteiger partial charge in [0.25, 0.3) is 0 Å². The highest BCUT2D eigenvalue weighted by Crippen LogP contribution is 2.23. The highest BCUT2D eigenvalue weighted by atomic mass is 16.5. The van der Waals surface area contributed by atoms with Crippen molar-refractivity contribution in [3.05, 3.63) is 59.7 Å². The van der Waals surface area contributed by atoms with E-state index in [-0.39, 0.29) is 0 Å². The van der Waals surface area contributed by atoms with E-state index < -0.39 is 0 Å². The van der Waals surface area contributed by atoms with Gasteiger partial charge in [-0.2, -0.15) is 0 Å². The predicted molar refractivity (Wildman–Crippen MR) is 128 cm³/mol. The number of guanidine groups is 1. The zero-order chi connectivity index (χ0) is 22.1. The standard InChI is InChI=1S/C25H36N4O2/c1-4-26-25(28(2)18-22-7-5-6-8-24(22)31-3)27-17-20-9-11-23(12-10-20)29-15-13-21(19-30)14-16-29/h5-12,21,30H,4,13-19H2,1-3H3,(H,26,27). The summed E-state index contributed by atoms with van der Waals surface area (Å²) in [6, 6.07) is 16.8. The van der Waals surface area contributed by atoms with Crippen molar-refractivity contribution in [1.82, 2.24) is 10.2 Å². The molecule has 31 heavy (non-hydrogen) atoms. The minimum absolute atomic E-state index is 0.310. The Kier molecular flexibility index (Phi) is 8.59. The lowest BCUT2D eigenvalue weighted by molar-refractivity contribution is 0.203. The average molecular weight is 425 g/mol. The van der Waals surface area contributed by atoms with Gasteiger partial charge in [0.1, 0.15) is 5.75 Å². The van der Waals surface area contributed by atoms with Crippen LogP contribution in [-0.2, 0) is 13.1 Å². The molecule has 1 fully saturated rings. The van der Waals surface area contributed by atoms with Gasteiger partial charge in [0.15, 0.2) is 5.96 Å². The number of anilines is 1. The summed E-state index contributed by atoms with van der Waals surface area (Å²) in [5.74, 6) is 2.23. The molecule has 0 aromatic heterocycles. The third-order valence-corrected chi connectivity index (χ3v) is 5.88. The molecule has 1 saturated heterocycles. The molecule has 1 aliphatic heterocycles. The topological polar surface area (TPSA) is 60.3 Å². The van der Waals surface area contributed by atoms with Crippen molar-refractivity contribution in [3.63, 3.8) is 0 Å². The summed E-state index contributed by atoms with van der Waals surface area (Å²) in [4.78, 5) is 9.38. The Labute approximate surface area is 186 Å². The van der Waals surface area contributed by atoms with Gasteiger partial charge in [0, 0.05) is 51.1 Å². The van der Waals surface area contributed by atoms with Crippen LogP contribution in [0.5, 0.6) is 5.75 Å². The Balaban J connectivity index is 1.62. The fraction of sp³-hybridized carbons (Fsp3) is 0.480. The maximum Gasteiger partial charge on any atom is 0.194 e. The van der Waals surface area contributed by atoms with Gasteiger partial charge < -0.3 is 25.0 Å². The smallest absolute Gasteiger partial charge is 0.194 e. The first kappa shape index (κ1) is 22.9. The first-order chi connectivity index (χ1) is 15.1. The molecule has 0 radical (unpaired) electrons. The molecule has 0 aliphatic carbocycles. The van der Waals surface area contributed by atoms with Gasteiger partial charge in [-0.15, -0.1) is 0 Å². The lowest BCUT2D eigenvalue weighted by Crippen LogP contribution is -2.38. The minimum Gasteiger partial charge on any atom is -0.496 e. The molecule has 168 valence electrons. The third kappa shape index (κ3) is 6.37. The number of piperidine rings is 1. The maximum atomic E-state index is 9.33. The van der Waals surface area contributed by atoms with E-state index in [4.69, 9.17) is 9.73 Å². The monoisotopic (exact) mass is 424 g/mol. The summed E-state index contributed by atoms with van der Waals surface area (Å²) < 4.78 is 5.49. The van der Waals surface area contributed by atoms with Gasteiger partial charge in [0.2, 0.25) is 0 Å². The van der Waals surface area contributed by atoms with E-state index in [9.17, 15) is 5.11 Å². The summed E-state index contributed by atoms with van der Waals surface area (Å²) in [7, 11) is 3.75. The molecular weight excluding hydrogens is 388 g/mol. The molecule has 3 rings (SSSR count). The lowest BCUT2D eigenvalue weighted by atomic mass is 9.97. The fourth-order valence-corrected chi connectivity index (χ4v) is 3.99. The van der Waals surface area contributed by atoms with Crippen LogP contribution < -0.4 is 15.0 Å². The summed E-state index contributed by atoms with van der Waals surface area (Å²) in [5.41, 5.74) is 3.58. The van der Waals surface area contributed by atoms with Crippen LogP contribution in [0.2, 0.25) is 0 Å². The van der Waals surface area contributed by atoms with Crippen LogP contribution in [-0.4, -0.2) is 56.4 Å². The number of nitrogens with one attached hydrogen (secondary N) is 1. The number of aliphatic hydroxyl groups excluding tert-OH is 1. The molecule has 1 heterocycles. The number of hydrogen-bond donors (Lipinski definition) is 2. The number of methoxy groups -OCH3 is 1. The first-order valence-electron chi connectivity index (χ1n) is 11.2. The molecular formula is C25H36N4O2. The number of aliphatic imine (C=N–C) groups is 1. The van der Waals surface area contributed by atoms with Crippen LogP contribution in [0.15, 0.2) is 53.5 Å². The average Bonchev–Trinajstić information content (AvgIpc) is 2.82. The second-order valence-corrected chi connectivity index (χ2v) is 8.12. The number of para-hydroxylation sites is 1. The van der Waals surface area contributed by atoms with Crippen molar-refractivity contribution in [2.45, 2.75) is 32.9 Å². The fourth-order valence-electron chi connectivity index (χ4n) is 3.99. The molecule has 1 aliphatic rings. The SMILES string of the molecule is CCNC(=NCc1ccc(N2CCC(CO)CC2)cc1)N(C)Cc1ccccc1OC. The van der Waals surface area contributed by atoms with Gasteiger partial charge in [-0.1, -0.05) is 30.3 Å². The largest absolute Gasteiger partial charge is 0.496 e. The van der Waals surface area contributed by atoms with Crippen LogP contribution in [0.25, 0.3) is 0 Å². The van der Waals surface area contributed by atoms with Crippen molar-refractivity contribution >= 4 is 11.6 Å². The maximum absolute atomic E-state index is 9.33. The Morgan fingerprint density at radius 1 is 1.16 bits per heavy atom. The summed E-state index contributed by atoms with van der Waals surface area (Å²) in [5, 5.41) is 12.7. The van der Waals surface area contributed by atoms with E-state index in [0.29, 0.717) is 19.1 Å². The van der Waals surface area contributed by atoms with E-state index >= 15 is 0 Å². The number of ether oxygens (including phenoxy) is 1. The molecule has 0 amide bonds. The Morgan fingerprint density at radius 3 is 2.52 bits per heavy atom. The highest BCUT2D eigenvalue weighted by Gasteiger charge is 2.18. The van der Waals surface area contributed by atoms with E-state index in [1.165, 1.54) is 11.3 Å². The van der Waals surface area contributed by atoms with Crippen molar-refractivity contribution < 1.29 is 9.84 Å². The molecule has 2 aromatic carbocycles. The number of hydrogen-bond acceptors (Lipinski definition) is 4. The Bertz CT molecular complexity index is 830. The van der Waals surface area contributed by atoms with E-state index in [1.54, 1.807) is 7.11 Å². The third-order valence-electron chi connectivity index (χ3n) is 5.88. The normalized spacial score (nSPS) is 15.1. The molecule has 0 atom stereocenters. The summed E-state index contributed by atoms with van der Waals surface area (Å²) in [6.45, 7) is 6.59. The lowest BCUT2D eigenvalue weighted by Gasteiger charge is -2.32. The van der Waals surface area contributed by atoms with Crippen LogP contribution in [0, 0.1) is 5.92 Å². The molecule has 0 saturated carbocycles. The Hall–Kier alpha value is -2.73. The van der Waals surface area contributed by atoms with E-state index in [2.05, 4.69) is 52.4 Å². The van der Waals surface area contributed by atoms with E-state index in [1.807, 2.05) is 25.2 Å². The van der Waals surface area contributed by atoms with Crippen LogP contribution in [0.1, 0.15) is 30.9 Å². The number of rotatable bonds is 8. The zero-order valence-corrected chi connectivity index (χ0v) is 19.1. The summed E-state index contributed by atoms with van der Waals surface area (Å²) in [6.07, 6.45) is 2.13. The number of benzene rings is 2. The summed E-state index contributed by atoms with van der Waals surface area (Å²) >= 11 is 0. The van der Waals surface area contributed by atoms with Gasteiger partial charge in [-0.3, -0.25) is 0 Å². The van der Waals surface area contributed by atoms with Crippen molar-refractivity contribution in [2.24, 2.45) is 10.9 Å². The number of nitrogens with zero attached hydrogens (tertiary/aromatic N) is 3. The van der Waals surface area contributed by atoms with Crippen LogP contribution in [0.3, 0.4) is 0 Å². The number of aliphatic hydroxyl groups is 1. The molecule has 2 N–H and O–H groups in total. The second-order valence-electron chi connectivity index (χ2n) is 8.12. The van der Waals surface area contributed by atoms with Gasteiger partial charge >= 0.3 is 0 Å². The minimum atomic E-state index is 0.310. The predicted octanol–water partition coefficient (Wildman–Crippen LogP) is 3.50. The van der Waals surface area contributed by atoms with Crippen molar-refractivity contribution in [1.29, 1.82) is 0 Å². The zero-order valence-electron chi connectivity index (χ0n) is 19.1. The van der Waals surface area contributed by atoms with Gasteiger partial charge in [0.05, 0.1) is 13.7 Å². The molecule has 0 unspecified atom stereocenters. The first-order valence-corrected chi connectivity index (χ1v) is 11.2. The highest BCUT2D eigenvalue weighted by molar-refractivity contribution is 5.79. The van der Waals surface area contributed by atoms with E-state index in [0.717, 1.165) is 56.3 Å². The van der Waals surface area contributed by atoms with Crippen LogP contribution >= 0.6 is 0 Å². The van der Waals surface area contributed by atoms with Crippen LogP contribution in [0.4, 0.5) is 5.69 Å². The van der Waals surface area contributed by atoms with Gasteiger partial charge in [-0.05, 0) is 49.4 Å². The molecule has 2 aromatic rings. The molecule has 6 heteroatoms. The quantitative estimate of drug-likeness (QED) is 0.502. The second kappa shape index (κ2) is 11.6. The van der Waals surface area contributed by atoms with Crippen molar-refractivity contribution in [3.8, 4) is 5.75 Å². The van der Waals surface area contributed by atoms with Gasteiger partial charge in [-0.25, -0.2) is 4.99 Å².